The molecule has 1 amide bonds. The van der Waals surface area contributed by atoms with E-state index in [2.05, 4.69) is 39.4 Å². The first-order valence-corrected chi connectivity index (χ1v) is 10.0. The molecular formula is C23H29N3O3. The molecular weight excluding hydrogens is 366 g/mol. The van der Waals surface area contributed by atoms with Gasteiger partial charge in [-0.15, -0.1) is 0 Å². The van der Waals surface area contributed by atoms with Gasteiger partial charge in [0.1, 0.15) is 6.04 Å². The number of carbonyl (C=O) groups excluding carboxylic acids is 2. The number of amides is 1. The van der Waals surface area contributed by atoms with Crippen molar-refractivity contribution in [1.29, 1.82) is 0 Å². The van der Waals surface area contributed by atoms with Crippen LogP contribution < -0.4 is 5.32 Å². The van der Waals surface area contributed by atoms with Gasteiger partial charge in [0, 0.05) is 39.1 Å². The van der Waals surface area contributed by atoms with Gasteiger partial charge in [-0.1, -0.05) is 60.7 Å². The lowest BCUT2D eigenvalue weighted by molar-refractivity contribution is -0.145. The second-order valence-corrected chi connectivity index (χ2v) is 7.37. The number of piperazine rings is 1. The zero-order valence-corrected chi connectivity index (χ0v) is 16.9. The van der Waals surface area contributed by atoms with E-state index >= 15 is 0 Å². The van der Waals surface area contributed by atoms with Gasteiger partial charge in [-0.2, -0.15) is 0 Å². The molecule has 1 saturated heterocycles. The van der Waals surface area contributed by atoms with Crippen molar-refractivity contribution < 1.29 is 14.3 Å². The second-order valence-electron chi connectivity index (χ2n) is 7.37. The number of ether oxygens (including phenoxy) is 1. The monoisotopic (exact) mass is 395 g/mol. The van der Waals surface area contributed by atoms with Gasteiger partial charge < -0.3 is 10.1 Å². The molecule has 1 aliphatic rings. The number of hydrogen-bond donors (Lipinski definition) is 1. The standard InChI is InChI=1S/C23H29N3O3/c1-29-23(28)21(16-19-8-4-2-5-9-19)24-22(27)18-26-14-12-25(13-15-26)17-20-10-6-3-7-11-20/h2-11,21H,12-18H2,1H3,(H,24,27)/t21-/m0/s1. The summed E-state index contributed by atoms with van der Waals surface area (Å²) in [5.74, 6) is -0.567. The van der Waals surface area contributed by atoms with Gasteiger partial charge in [0.25, 0.3) is 0 Å². The Balaban J connectivity index is 1.46. The third-order valence-electron chi connectivity index (χ3n) is 5.18. The fraction of sp³-hybridized carbons (Fsp3) is 0.391. The van der Waals surface area contributed by atoms with Crippen LogP contribution in [0.15, 0.2) is 60.7 Å². The van der Waals surface area contributed by atoms with E-state index in [1.165, 1.54) is 12.7 Å². The van der Waals surface area contributed by atoms with Crippen LogP contribution in [0.25, 0.3) is 0 Å². The second kappa shape index (κ2) is 10.7. The van der Waals surface area contributed by atoms with Crippen molar-refractivity contribution >= 4 is 11.9 Å². The topological polar surface area (TPSA) is 61.9 Å². The van der Waals surface area contributed by atoms with Gasteiger partial charge in [0.15, 0.2) is 0 Å². The highest BCUT2D eigenvalue weighted by Gasteiger charge is 2.24. The maximum Gasteiger partial charge on any atom is 0.328 e. The van der Waals surface area contributed by atoms with Crippen molar-refractivity contribution in [3.8, 4) is 0 Å². The Hall–Kier alpha value is -2.70. The molecule has 1 aliphatic heterocycles. The molecule has 0 aromatic heterocycles. The van der Waals surface area contributed by atoms with E-state index in [9.17, 15) is 9.59 Å². The molecule has 154 valence electrons. The normalized spacial score (nSPS) is 16.2. The van der Waals surface area contributed by atoms with Gasteiger partial charge >= 0.3 is 5.97 Å². The maximum atomic E-state index is 12.5. The van der Waals surface area contributed by atoms with Gasteiger partial charge in [-0.25, -0.2) is 4.79 Å². The molecule has 0 radical (unpaired) electrons. The van der Waals surface area contributed by atoms with Crippen LogP contribution in [0, 0.1) is 0 Å². The highest BCUT2D eigenvalue weighted by molar-refractivity contribution is 5.85. The summed E-state index contributed by atoms with van der Waals surface area (Å²) in [5.41, 5.74) is 2.29. The molecule has 29 heavy (non-hydrogen) atoms. The van der Waals surface area contributed by atoms with Crippen LogP contribution in [0.5, 0.6) is 0 Å². The van der Waals surface area contributed by atoms with Crippen LogP contribution in [0.4, 0.5) is 0 Å². The summed E-state index contributed by atoms with van der Waals surface area (Å²) in [6.07, 6.45) is 0.421. The van der Waals surface area contributed by atoms with E-state index in [0.717, 1.165) is 38.3 Å². The highest BCUT2D eigenvalue weighted by Crippen LogP contribution is 2.09. The third-order valence-corrected chi connectivity index (χ3v) is 5.18. The minimum absolute atomic E-state index is 0.146. The van der Waals surface area contributed by atoms with Crippen LogP contribution in [-0.4, -0.2) is 67.6 Å². The van der Waals surface area contributed by atoms with E-state index in [1.54, 1.807) is 0 Å². The van der Waals surface area contributed by atoms with E-state index in [-0.39, 0.29) is 5.91 Å². The molecule has 1 fully saturated rings. The zero-order valence-electron chi connectivity index (χ0n) is 16.9. The predicted molar refractivity (Wildman–Crippen MR) is 112 cm³/mol. The lowest BCUT2D eigenvalue weighted by atomic mass is 10.1. The van der Waals surface area contributed by atoms with E-state index in [1.807, 2.05) is 36.4 Å². The molecule has 2 aromatic carbocycles. The molecule has 0 spiro atoms. The van der Waals surface area contributed by atoms with Crippen molar-refractivity contribution in [2.75, 3.05) is 39.8 Å². The number of nitrogens with one attached hydrogen (secondary N) is 1. The van der Waals surface area contributed by atoms with Crippen LogP contribution in [-0.2, 0) is 27.3 Å². The lowest BCUT2D eigenvalue weighted by Crippen LogP contribution is -2.51. The molecule has 1 heterocycles. The van der Waals surface area contributed by atoms with Crippen molar-refractivity contribution in [1.82, 2.24) is 15.1 Å². The molecule has 0 unspecified atom stereocenters. The van der Waals surface area contributed by atoms with Crippen molar-refractivity contribution in [2.45, 2.75) is 19.0 Å². The fourth-order valence-electron chi connectivity index (χ4n) is 3.58. The maximum absolute atomic E-state index is 12.5. The number of methoxy groups -OCH3 is 1. The van der Waals surface area contributed by atoms with Gasteiger partial charge in [-0.3, -0.25) is 14.6 Å². The average Bonchev–Trinajstić information content (AvgIpc) is 2.75. The van der Waals surface area contributed by atoms with Gasteiger partial charge in [0.2, 0.25) is 5.91 Å². The first kappa shape index (κ1) is 21.0. The van der Waals surface area contributed by atoms with Gasteiger partial charge in [-0.05, 0) is 11.1 Å². The molecule has 1 N–H and O–H groups in total. The number of benzene rings is 2. The minimum atomic E-state index is -0.672. The Bertz CT molecular complexity index is 774. The van der Waals surface area contributed by atoms with Crippen molar-refractivity contribution in [2.24, 2.45) is 0 Å². The Morgan fingerprint density at radius 1 is 0.897 bits per heavy atom. The summed E-state index contributed by atoms with van der Waals surface area (Å²) in [6.45, 7) is 4.74. The third kappa shape index (κ3) is 6.69. The SMILES string of the molecule is COC(=O)[C@H](Cc1ccccc1)NC(=O)CN1CCN(Cc2ccccc2)CC1. The first-order chi connectivity index (χ1) is 14.1. The van der Waals surface area contributed by atoms with E-state index in [0.29, 0.717) is 13.0 Å². The smallest absolute Gasteiger partial charge is 0.328 e. The molecule has 1 atom stereocenters. The fourth-order valence-corrected chi connectivity index (χ4v) is 3.58. The van der Waals surface area contributed by atoms with Crippen molar-refractivity contribution in [3.63, 3.8) is 0 Å². The highest BCUT2D eigenvalue weighted by atomic mass is 16.5. The van der Waals surface area contributed by atoms with Crippen molar-refractivity contribution in [3.05, 3.63) is 71.8 Å². The van der Waals surface area contributed by atoms with E-state index in [4.69, 9.17) is 4.74 Å². The van der Waals surface area contributed by atoms with Crippen LogP contribution in [0.2, 0.25) is 0 Å². The molecule has 0 saturated carbocycles. The summed E-state index contributed by atoms with van der Waals surface area (Å²) >= 11 is 0. The summed E-state index contributed by atoms with van der Waals surface area (Å²) in [6, 6.07) is 19.4. The van der Waals surface area contributed by atoms with Crippen LogP contribution in [0.1, 0.15) is 11.1 Å². The summed E-state index contributed by atoms with van der Waals surface area (Å²) in [5, 5.41) is 2.85. The summed E-state index contributed by atoms with van der Waals surface area (Å²) in [7, 11) is 1.35. The largest absolute Gasteiger partial charge is 0.467 e. The van der Waals surface area contributed by atoms with E-state index < -0.39 is 12.0 Å². The number of rotatable bonds is 8. The molecule has 3 rings (SSSR count). The number of esters is 1. The Morgan fingerprint density at radius 2 is 1.45 bits per heavy atom. The number of carbonyl (C=O) groups is 2. The zero-order chi connectivity index (χ0) is 20.5. The van der Waals surface area contributed by atoms with Crippen LogP contribution >= 0.6 is 0 Å². The predicted octanol–water partition coefficient (Wildman–Crippen LogP) is 1.70. The molecule has 6 nitrogen and oxygen atoms in total. The Kier molecular flexibility index (Phi) is 7.78. The minimum Gasteiger partial charge on any atom is -0.467 e. The van der Waals surface area contributed by atoms with Gasteiger partial charge in [0.05, 0.1) is 13.7 Å². The Labute approximate surface area is 172 Å². The lowest BCUT2D eigenvalue weighted by Gasteiger charge is -2.34. The molecule has 2 aromatic rings. The Morgan fingerprint density at radius 3 is 2.03 bits per heavy atom. The quantitative estimate of drug-likeness (QED) is 0.690. The number of nitrogens with zero attached hydrogens (tertiary/aromatic N) is 2. The first-order valence-electron chi connectivity index (χ1n) is 10.0. The molecule has 6 heteroatoms. The average molecular weight is 396 g/mol. The molecule has 0 bridgehead atoms. The summed E-state index contributed by atoms with van der Waals surface area (Å²) in [4.78, 5) is 29.2. The number of hydrogen-bond acceptors (Lipinski definition) is 5. The van der Waals surface area contributed by atoms with Crippen LogP contribution in [0.3, 0.4) is 0 Å². The summed E-state index contributed by atoms with van der Waals surface area (Å²) < 4.78 is 4.87. The molecule has 0 aliphatic carbocycles.